The molecule has 0 bridgehead atoms. The van der Waals surface area contributed by atoms with Gasteiger partial charge in [0.1, 0.15) is 17.2 Å². The summed E-state index contributed by atoms with van der Waals surface area (Å²) >= 11 is -2.61. The van der Waals surface area contributed by atoms with Gasteiger partial charge in [-0.25, -0.2) is 9.00 Å². The monoisotopic (exact) mass is 391 g/mol. The third kappa shape index (κ3) is 3.93. The quantitative estimate of drug-likeness (QED) is 0.503. The van der Waals surface area contributed by atoms with Crippen molar-refractivity contribution in [1.29, 1.82) is 0 Å². The van der Waals surface area contributed by atoms with E-state index in [1.165, 1.54) is 6.07 Å². The van der Waals surface area contributed by atoms with Crippen LogP contribution >= 0.6 is 0 Å². The Bertz CT molecular complexity index is 1030. The molecule has 27 heavy (non-hydrogen) atoms. The number of rotatable bonds is 8. The Balaban J connectivity index is 2.02. The van der Waals surface area contributed by atoms with Gasteiger partial charge in [0.2, 0.25) is 0 Å². The number of aliphatic carboxylic acids is 2. The van der Waals surface area contributed by atoms with E-state index in [0.29, 0.717) is 16.6 Å². The van der Waals surface area contributed by atoms with Crippen molar-refractivity contribution < 1.29 is 33.0 Å². The summed E-state index contributed by atoms with van der Waals surface area (Å²) in [7, 11) is 0. The van der Waals surface area contributed by atoms with Crippen molar-refractivity contribution in [2.75, 3.05) is 4.31 Å². The predicted octanol–water partition coefficient (Wildman–Crippen LogP) is 3.24. The number of benzene rings is 2. The van der Waals surface area contributed by atoms with Gasteiger partial charge < -0.3 is 14.6 Å². The summed E-state index contributed by atoms with van der Waals surface area (Å²) in [4.78, 5) is 22.4. The molecule has 0 saturated carbocycles. The molecule has 0 saturated heterocycles. The van der Waals surface area contributed by atoms with E-state index in [1.54, 1.807) is 18.2 Å². The summed E-state index contributed by atoms with van der Waals surface area (Å²) in [6, 6.07) is 10.7. The molecule has 0 radical (unpaired) electrons. The highest BCUT2D eigenvalue weighted by atomic mass is 32.2. The maximum Gasteiger partial charge on any atom is 0.327 e. The molecule has 3 rings (SSSR count). The number of carboxylic acids is 2. The molecule has 1 heterocycles. The van der Waals surface area contributed by atoms with Gasteiger partial charge in [-0.2, -0.15) is 0 Å². The van der Waals surface area contributed by atoms with Gasteiger partial charge in [-0.15, -0.1) is 0 Å². The van der Waals surface area contributed by atoms with Crippen LogP contribution < -0.4 is 4.31 Å². The zero-order chi connectivity index (χ0) is 19.6. The Morgan fingerprint density at radius 2 is 1.78 bits per heavy atom. The molecule has 9 heteroatoms. The molecule has 2 atom stereocenters. The van der Waals surface area contributed by atoms with Crippen LogP contribution in [0.25, 0.3) is 21.9 Å². The van der Waals surface area contributed by atoms with Crippen LogP contribution in [0.2, 0.25) is 0 Å². The average Bonchev–Trinajstić information content (AvgIpc) is 2.98. The summed E-state index contributed by atoms with van der Waals surface area (Å²) in [5, 5.41) is 19.7. The van der Waals surface area contributed by atoms with E-state index in [-0.39, 0.29) is 24.9 Å². The first-order chi connectivity index (χ1) is 12.9. The summed E-state index contributed by atoms with van der Waals surface area (Å²) in [6.45, 7) is 0. The normalized spacial score (nSPS) is 13.5. The summed E-state index contributed by atoms with van der Waals surface area (Å²) in [6.07, 6.45) is -0.240. The largest absolute Gasteiger partial charge is 0.481 e. The van der Waals surface area contributed by atoms with E-state index < -0.39 is 29.2 Å². The highest BCUT2D eigenvalue weighted by Gasteiger charge is 2.30. The number of fused-ring (bicyclic) bond motifs is 3. The molecule has 3 N–H and O–H groups in total. The third-order valence-corrected chi connectivity index (χ3v) is 5.02. The topological polar surface area (TPSA) is 128 Å². The molecular formula is C18H17NO7S. The second-order valence-electron chi connectivity index (χ2n) is 5.98. The smallest absolute Gasteiger partial charge is 0.327 e. The molecule has 0 amide bonds. The van der Waals surface area contributed by atoms with Crippen molar-refractivity contribution in [3.8, 4) is 0 Å². The van der Waals surface area contributed by atoms with Crippen LogP contribution in [-0.2, 0) is 20.9 Å². The fraction of sp³-hybridized carbons (Fsp3) is 0.222. The molecular weight excluding hydrogens is 374 g/mol. The van der Waals surface area contributed by atoms with E-state index in [1.807, 2.05) is 18.2 Å². The van der Waals surface area contributed by atoms with Crippen LogP contribution in [-0.4, -0.2) is 37.0 Å². The molecule has 0 aliphatic heterocycles. The van der Waals surface area contributed by atoms with Crippen LogP contribution in [0, 0.1) is 0 Å². The Morgan fingerprint density at radius 3 is 2.44 bits per heavy atom. The third-order valence-electron chi connectivity index (χ3n) is 4.22. The fourth-order valence-electron chi connectivity index (χ4n) is 3.02. The number of furan rings is 1. The van der Waals surface area contributed by atoms with Crippen LogP contribution in [0.3, 0.4) is 0 Å². The predicted molar refractivity (Wildman–Crippen MR) is 99.9 cm³/mol. The van der Waals surface area contributed by atoms with Gasteiger partial charge in [0.25, 0.3) is 11.3 Å². The maximum absolute atomic E-state index is 11.9. The van der Waals surface area contributed by atoms with Crippen molar-refractivity contribution in [1.82, 2.24) is 0 Å². The number of anilines is 1. The van der Waals surface area contributed by atoms with Gasteiger partial charge in [-0.3, -0.25) is 13.7 Å². The molecule has 142 valence electrons. The van der Waals surface area contributed by atoms with Gasteiger partial charge in [0.15, 0.2) is 0 Å². The van der Waals surface area contributed by atoms with Crippen molar-refractivity contribution >= 4 is 50.8 Å². The zero-order valence-electron chi connectivity index (χ0n) is 14.1. The van der Waals surface area contributed by atoms with Crippen molar-refractivity contribution in [2.45, 2.75) is 25.3 Å². The summed E-state index contributed by atoms with van der Waals surface area (Å²) in [5.74, 6) is -2.36. The SMILES string of the molecule is O=C(O)CCCC(C(=O)O)N(c1ccc2oc3ccccc3c2c1)S(=O)O. The maximum atomic E-state index is 11.9. The number of hydrogen-bond donors (Lipinski definition) is 3. The average molecular weight is 391 g/mol. The van der Waals surface area contributed by atoms with Crippen LogP contribution in [0.5, 0.6) is 0 Å². The van der Waals surface area contributed by atoms with Crippen LogP contribution in [0.15, 0.2) is 46.9 Å². The minimum atomic E-state index is -2.61. The Hall–Kier alpha value is -2.91. The van der Waals surface area contributed by atoms with E-state index in [0.717, 1.165) is 9.69 Å². The molecule has 3 aromatic rings. The highest BCUT2D eigenvalue weighted by Crippen LogP contribution is 2.33. The van der Waals surface area contributed by atoms with Gasteiger partial charge >= 0.3 is 11.9 Å². The number of hydrogen-bond acceptors (Lipinski definition) is 4. The van der Waals surface area contributed by atoms with Crippen molar-refractivity contribution in [2.24, 2.45) is 0 Å². The number of carbonyl (C=O) groups is 2. The number of nitrogens with zero attached hydrogens (tertiary/aromatic N) is 1. The first-order valence-electron chi connectivity index (χ1n) is 8.14. The van der Waals surface area contributed by atoms with Crippen LogP contribution in [0.4, 0.5) is 5.69 Å². The second kappa shape index (κ2) is 7.77. The lowest BCUT2D eigenvalue weighted by Gasteiger charge is -2.26. The van der Waals surface area contributed by atoms with Crippen LogP contribution in [0.1, 0.15) is 19.3 Å². The molecule has 0 spiro atoms. The van der Waals surface area contributed by atoms with E-state index in [4.69, 9.17) is 9.52 Å². The first kappa shape index (κ1) is 18.9. The highest BCUT2D eigenvalue weighted by molar-refractivity contribution is 7.80. The van der Waals surface area contributed by atoms with E-state index in [9.17, 15) is 23.5 Å². The standard InChI is InChI=1S/C18H17NO7S/c20-17(21)7-3-5-14(18(22)23)19(27(24)25)11-8-9-16-13(10-11)12-4-1-2-6-15(12)26-16/h1-2,4,6,8-10,14H,3,5,7H2,(H,20,21)(H,22,23)(H,24,25). The second-order valence-corrected chi connectivity index (χ2v) is 6.83. The number of carboxylic acid groups (broad SMARTS) is 2. The van der Waals surface area contributed by atoms with E-state index >= 15 is 0 Å². The van der Waals surface area contributed by atoms with Crippen molar-refractivity contribution in [3.63, 3.8) is 0 Å². The zero-order valence-corrected chi connectivity index (χ0v) is 14.9. The first-order valence-corrected chi connectivity index (χ1v) is 9.21. The summed E-state index contributed by atoms with van der Waals surface area (Å²) in [5.41, 5.74) is 1.46. The lowest BCUT2D eigenvalue weighted by atomic mass is 10.1. The number of para-hydroxylation sites is 1. The Kier molecular flexibility index (Phi) is 5.43. The van der Waals surface area contributed by atoms with E-state index in [2.05, 4.69) is 0 Å². The van der Waals surface area contributed by atoms with Crippen molar-refractivity contribution in [3.05, 3.63) is 42.5 Å². The Labute approximate surface area is 156 Å². The van der Waals surface area contributed by atoms with Gasteiger partial charge in [0, 0.05) is 17.2 Å². The molecule has 1 aromatic heterocycles. The lowest BCUT2D eigenvalue weighted by molar-refractivity contribution is -0.140. The van der Waals surface area contributed by atoms with Gasteiger partial charge in [-0.1, -0.05) is 18.2 Å². The van der Waals surface area contributed by atoms with Gasteiger partial charge in [-0.05, 0) is 37.1 Å². The molecule has 2 aromatic carbocycles. The molecule has 0 fully saturated rings. The van der Waals surface area contributed by atoms with Gasteiger partial charge in [0.05, 0.1) is 5.69 Å². The molecule has 0 aliphatic carbocycles. The molecule has 8 nitrogen and oxygen atoms in total. The fourth-order valence-corrected chi connectivity index (χ4v) is 3.72. The lowest BCUT2D eigenvalue weighted by Crippen LogP contribution is -2.42. The summed E-state index contributed by atoms with van der Waals surface area (Å²) < 4.78 is 28.2. The minimum Gasteiger partial charge on any atom is -0.481 e. The molecule has 0 aliphatic rings. The Morgan fingerprint density at radius 1 is 1.07 bits per heavy atom. The minimum absolute atomic E-state index is 0.0664. The molecule has 2 unspecified atom stereocenters.